The number of hydrazone groups is 1. The van der Waals surface area contributed by atoms with Crippen LogP contribution in [0.15, 0.2) is 47.6 Å². The minimum Gasteiger partial charge on any atom is -0.508 e. The third kappa shape index (κ3) is 4.57. The summed E-state index contributed by atoms with van der Waals surface area (Å²) < 4.78 is 0. The summed E-state index contributed by atoms with van der Waals surface area (Å²) in [5.41, 5.74) is 6.93. The van der Waals surface area contributed by atoms with Gasteiger partial charge in [0.05, 0.1) is 6.21 Å². The Hall–Kier alpha value is -2.40. The molecule has 0 unspecified atom stereocenters. The molecular formula is C16H17N3OS. The number of anilines is 1. The molecule has 2 rings (SSSR count). The van der Waals surface area contributed by atoms with Gasteiger partial charge in [0.1, 0.15) is 5.75 Å². The van der Waals surface area contributed by atoms with Crippen LogP contribution >= 0.6 is 12.2 Å². The molecule has 2 aromatic rings. The second-order valence-electron chi connectivity index (χ2n) is 4.73. The molecule has 0 atom stereocenters. The van der Waals surface area contributed by atoms with Crippen LogP contribution in [-0.2, 0) is 0 Å². The largest absolute Gasteiger partial charge is 0.508 e. The van der Waals surface area contributed by atoms with Gasteiger partial charge in [-0.15, -0.1) is 0 Å². The average Bonchev–Trinajstić information content (AvgIpc) is 2.44. The first-order chi connectivity index (χ1) is 10.0. The molecule has 0 saturated heterocycles. The molecule has 0 spiro atoms. The minimum absolute atomic E-state index is 0.229. The van der Waals surface area contributed by atoms with E-state index in [0.29, 0.717) is 5.11 Å². The van der Waals surface area contributed by atoms with Gasteiger partial charge >= 0.3 is 0 Å². The zero-order valence-corrected chi connectivity index (χ0v) is 12.7. The van der Waals surface area contributed by atoms with Crippen molar-refractivity contribution < 1.29 is 5.11 Å². The number of hydrogen-bond donors (Lipinski definition) is 3. The fourth-order valence-electron chi connectivity index (χ4n) is 1.83. The summed E-state index contributed by atoms with van der Waals surface area (Å²) in [6, 6.07) is 12.8. The molecule has 0 amide bonds. The lowest BCUT2D eigenvalue weighted by Crippen LogP contribution is -2.24. The first kappa shape index (κ1) is 15.0. The van der Waals surface area contributed by atoms with Gasteiger partial charge in [0, 0.05) is 5.69 Å². The molecule has 108 valence electrons. The molecule has 3 N–H and O–H groups in total. The van der Waals surface area contributed by atoms with Crippen LogP contribution in [0.5, 0.6) is 5.75 Å². The van der Waals surface area contributed by atoms with Crippen LogP contribution in [-0.4, -0.2) is 16.4 Å². The molecule has 21 heavy (non-hydrogen) atoms. The molecule has 4 nitrogen and oxygen atoms in total. The number of phenolic OH excluding ortho intramolecular Hbond substituents is 1. The molecule has 0 aliphatic rings. The van der Waals surface area contributed by atoms with Crippen molar-refractivity contribution in [3.8, 4) is 5.75 Å². The van der Waals surface area contributed by atoms with E-state index in [0.717, 1.165) is 16.8 Å². The summed E-state index contributed by atoms with van der Waals surface area (Å²) in [6.07, 6.45) is 1.63. The van der Waals surface area contributed by atoms with Crippen LogP contribution in [0.3, 0.4) is 0 Å². The lowest BCUT2D eigenvalue weighted by molar-refractivity contribution is 0.475. The number of phenols is 1. The lowest BCUT2D eigenvalue weighted by Gasteiger charge is -2.10. The number of aryl methyl sites for hydroxylation is 2. The van der Waals surface area contributed by atoms with Crippen LogP contribution in [0.25, 0.3) is 0 Å². The summed E-state index contributed by atoms with van der Waals surface area (Å²) >= 11 is 5.19. The van der Waals surface area contributed by atoms with E-state index in [2.05, 4.69) is 28.8 Å². The number of hydrogen-bond acceptors (Lipinski definition) is 3. The second kappa shape index (κ2) is 6.85. The Bertz CT molecular complexity index is 666. The van der Waals surface area contributed by atoms with Gasteiger partial charge in [-0.25, -0.2) is 0 Å². The molecule has 0 aliphatic carbocycles. The fourth-order valence-corrected chi connectivity index (χ4v) is 1.99. The third-order valence-electron chi connectivity index (χ3n) is 2.90. The average molecular weight is 299 g/mol. The Morgan fingerprint density at radius 2 is 1.86 bits per heavy atom. The highest BCUT2D eigenvalue weighted by atomic mass is 32.1. The van der Waals surface area contributed by atoms with E-state index in [4.69, 9.17) is 12.2 Å². The van der Waals surface area contributed by atoms with Gasteiger partial charge in [-0.2, -0.15) is 5.10 Å². The van der Waals surface area contributed by atoms with Crippen molar-refractivity contribution in [2.24, 2.45) is 5.10 Å². The van der Waals surface area contributed by atoms with E-state index in [-0.39, 0.29) is 5.75 Å². The van der Waals surface area contributed by atoms with Gasteiger partial charge < -0.3 is 10.4 Å². The zero-order chi connectivity index (χ0) is 15.2. The van der Waals surface area contributed by atoms with Crippen molar-refractivity contribution >= 4 is 29.2 Å². The van der Waals surface area contributed by atoms with Gasteiger partial charge in [-0.1, -0.05) is 17.7 Å². The summed E-state index contributed by atoms with van der Waals surface area (Å²) in [5, 5.41) is 16.8. The van der Waals surface area contributed by atoms with Crippen molar-refractivity contribution in [1.82, 2.24) is 5.43 Å². The number of nitrogens with zero attached hydrogens (tertiary/aromatic N) is 1. The van der Waals surface area contributed by atoms with E-state index < -0.39 is 0 Å². The number of aromatic hydroxyl groups is 1. The molecule has 0 aliphatic heterocycles. The van der Waals surface area contributed by atoms with E-state index in [1.807, 2.05) is 19.1 Å². The van der Waals surface area contributed by atoms with Crippen molar-refractivity contribution in [2.45, 2.75) is 13.8 Å². The predicted molar refractivity (Wildman–Crippen MR) is 91.0 cm³/mol. The summed E-state index contributed by atoms with van der Waals surface area (Å²) in [4.78, 5) is 0. The Morgan fingerprint density at radius 3 is 2.52 bits per heavy atom. The summed E-state index contributed by atoms with van der Waals surface area (Å²) in [7, 11) is 0. The highest BCUT2D eigenvalue weighted by Crippen LogP contribution is 2.15. The van der Waals surface area contributed by atoms with Crippen LogP contribution in [0.4, 0.5) is 5.69 Å². The van der Waals surface area contributed by atoms with Crippen LogP contribution in [0.1, 0.15) is 16.7 Å². The quantitative estimate of drug-likeness (QED) is 0.462. The van der Waals surface area contributed by atoms with Crippen molar-refractivity contribution in [3.05, 3.63) is 59.2 Å². The third-order valence-corrected chi connectivity index (χ3v) is 3.10. The molecule has 0 heterocycles. The van der Waals surface area contributed by atoms with E-state index in [1.54, 1.807) is 30.5 Å². The minimum atomic E-state index is 0.229. The molecule has 2 aromatic carbocycles. The van der Waals surface area contributed by atoms with Gasteiger partial charge in [-0.05, 0) is 67.5 Å². The SMILES string of the molecule is Cc1ccc(NC(=S)NN=Cc2ccc(O)cc2)c(C)c1. The highest BCUT2D eigenvalue weighted by Gasteiger charge is 2.00. The van der Waals surface area contributed by atoms with Gasteiger partial charge in [0.15, 0.2) is 5.11 Å². The van der Waals surface area contributed by atoms with E-state index in [9.17, 15) is 5.11 Å². The molecule has 0 aromatic heterocycles. The normalized spacial score (nSPS) is 10.6. The van der Waals surface area contributed by atoms with Crippen molar-refractivity contribution in [1.29, 1.82) is 0 Å². The number of thiocarbonyl (C=S) groups is 1. The summed E-state index contributed by atoms with van der Waals surface area (Å²) in [5.74, 6) is 0.229. The second-order valence-corrected chi connectivity index (χ2v) is 5.14. The molecule has 0 radical (unpaired) electrons. The standard InChI is InChI=1S/C16H17N3OS/c1-11-3-8-15(12(2)9-11)18-16(21)19-17-10-13-4-6-14(20)7-5-13/h3-10,20H,1-2H3,(H2,18,19,21). The van der Waals surface area contributed by atoms with Gasteiger partial charge in [0.2, 0.25) is 0 Å². The molecule has 0 fully saturated rings. The molecular weight excluding hydrogens is 282 g/mol. The van der Waals surface area contributed by atoms with Crippen molar-refractivity contribution in [2.75, 3.05) is 5.32 Å². The predicted octanol–water partition coefficient (Wildman–Crippen LogP) is 3.33. The monoisotopic (exact) mass is 299 g/mol. The maximum atomic E-state index is 9.19. The zero-order valence-electron chi connectivity index (χ0n) is 11.9. The molecule has 0 bridgehead atoms. The van der Waals surface area contributed by atoms with Crippen LogP contribution < -0.4 is 10.7 Å². The van der Waals surface area contributed by atoms with E-state index in [1.165, 1.54) is 5.56 Å². The maximum Gasteiger partial charge on any atom is 0.191 e. The lowest BCUT2D eigenvalue weighted by atomic mass is 10.1. The van der Waals surface area contributed by atoms with Crippen LogP contribution in [0.2, 0.25) is 0 Å². The Kier molecular flexibility index (Phi) is 4.90. The van der Waals surface area contributed by atoms with E-state index >= 15 is 0 Å². The Balaban J connectivity index is 1.91. The maximum absolute atomic E-state index is 9.19. The van der Waals surface area contributed by atoms with Crippen molar-refractivity contribution in [3.63, 3.8) is 0 Å². The molecule has 5 heteroatoms. The molecule has 0 saturated carbocycles. The smallest absolute Gasteiger partial charge is 0.191 e. The van der Waals surface area contributed by atoms with Gasteiger partial charge in [-0.3, -0.25) is 5.43 Å². The first-order valence-corrected chi connectivity index (χ1v) is 6.92. The first-order valence-electron chi connectivity index (χ1n) is 6.51. The van der Waals surface area contributed by atoms with Crippen LogP contribution in [0, 0.1) is 13.8 Å². The Morgan fingerprint density at radius 1 is 1.14 bits per heavy atom. The fraction of sp³-hybridized carbons (Fsp3) is 0.125. The number of benzene rings is 2. The topological polar surface area (TPSA) is 56.7 Å². The number of rotatable bonds is 3. The highest BCUT2D eigenvalue weighted by molar-refractivity contribution is 7.80. The number of nitrogens with one attached hydrogen (secondary N) is 2. The summed E-state index contributed by atoms with van der Waals surface area (Å²) in [6.45, 7) is 4.08. The van der Waals surface area contributed by atoms with Gasteiger partial charge in [0.25, 0.3) is 0 Å². The Labute approximate surface area is 129 Å².